The van der Waals surface area contributed by atoms with Crippen LogP contribution in [0.1, 0.15) is 26.7 Å². The van der Waals surface area contributed by atoms with Crippen molar-refractivity contribution in [2.24, 2.45) is 22.7 Å². The van der Waals surface area contributed by atoms with Crippen molar-refractivity contribution in [1.29, 1.82) is 0 Å². The molecule has 0 amide bonds. The number of carbonyl (C=O) groups excluding carboxylic acids is 2. The highest BCUT2D eigenvalue weighted by atomic mass is 16.5. The molecule has 2 rings (SSSR count). The maximum atomic E-state index is 12.4. The van der Waals surface area contributed by atoms with Crippen LogP contribution < -0.4 is 0 Å². The van der Waals surface area contributed by atoms with E-state index in [-0.39, 0.29) is 24.3 Å². The summed E-state index contributed by atoms with van der Waals surface area (Å²) in [5, 5.41) is 9.22. The molecule has 2 aliphatic rings. The second-order valence-corrected chi connectivity index (χ2v) is 6.17. The number of methoxy groups -OCH3 is 2. The van der Waals surface area contributed by atoms with E-state index in [1.165, 1.54) is 20.3 Å². The summed E-state index contributed by atoms with van der Waals surface area (Å²) < 4.78 is 10.2. The quantitative estimate of drug-likeness (QED) is 0.787. The lowest BCUT2D eigenvalue weighted by Gasteiger charge is -2.65. The van der Waals surface area contributed by atoms with Gasteiger partial charge in [-0.2, -0.15) is 0 Å². The minimum atomic E-state index is -0.876. The van der Waals surface area contributed by atoms with E-state index < -0.39 is 16.7 Å². The lowest BCUT2D eigenvalue weighted by Crippen LogP contribution is -2.70. The van der Waals surface area contributed by atoms with Gasteiger partial charge in [-0.3, -0.25) is 9.59 Å². The molecule has 0 radical (unpaired) electrons. The van der Waals surface area contributed by atoms with Crippen LogP contribution in [0.3, 0.4) is 0 Å². The van der Waals surface area contributed by atoms with Gasteiger partial charge in [-0.25, -0.2) is 0 Å². The molecule has 0 aromatic carbocycles. The second kappa shape index (κ2) is 4.88. The number of rotatable bonds is 4. The number of esters is 1. The Kier molecular flexibility index (Phi) is 3.67. The fourth-order valence-corrected chi connectivity index (χ4v) is 4.19. The van der Waals surface area contributed by atoms with E-state index in [2.05, 4.69) is 0 Å². The molecule has 0 spiro atoms. The monoisotopic (exact) mass is 282 g/mol. The van der Waals surface area contributed by atoms with Gasteiger partial charge in [0, 0.05) is 25.0 Å². The maximum absolute atomic E-state index is 12.4. The first-order valence-electron chi connectivity index (χ1n) is 6.84. The molecule has 0 aliphatic heterocycles. The molecule has 2 aliphatic carbocycles. The van der Waals surface area contributed by atoms with Gasteiger partial charge in [0.15, 0.2) is 5.78 Å². The summed E-state index contributed by atoms with van der Waals surface area (Å²) in [5.74, 6) is -0.383. The van der Waals surface area contributed by atoms with Crippen LogP contribution in [0.4, 0.5) is 0 Å². The summed E-state index contributed by atoms with van der Waals surface area (Å²) in [6.45, 7) is 3.94. The third-order valence-corrected chi connectivity index (χ3v) is 5.32. The summed E-state index contributed by atoms with van der Waals surface area (Å²) in [5.41, 5.74) is -1.29. The zero-order chi connectivity index (χ0) is 15.1. The zero-order valence-electron chi connectivity index (χ0n) is 12.4. The average molecular weight is 282 g/mol. The van der Waals surface area contributed by atoms with Crippen molar-refractivity contribution in [2.75, 3.05) is 20.8 Å². The summed E-state index contributed by atoms with van der Waals surface area (Å²) in [4.78, 5) is 24.8. The largest absolute Gasteiger partial charge is 0.501 e. The van der Waals surface area contributed by atoms with Gasteiger partial charge in [0.2, 0.25) is 0 Å². The molecule has 3 atom stereocenters. The van der Waals surface area contributed by atoms with Crippen LogP contribution in [0.5, 0.6) is 0 Å². The predicted octanol–water partition coefficient (Wildman–Crippen LogP) is 1.30. The predicted molar refractivity (Wildman–Crippen MR) is 71.6 cm³/mol. The van der Waals surface area contributed by atoms with E-state index in [1.54, 1.807) is 0 Å². The number of fused-ring (bicyclic) bond motifs is 1. The molecular formula is C15H22O5. The highest BCUT2D eigenvalue weighted by Crippen LogP contribution is 2.69. The summed E-state index contributed by atoms with van der Waals surface area (Å²) >= 11 is 0. The first kappa shape index (κ1) is 15.0. The van der Waals surface area contributed by atoms with Crippen LogP contribution >= 0.6 is 0 Å². The molecule has 5 heteroatoms. The Hall–Kier alpha value is -1.36. The zero-order valence-corrected chi connectivity index (χ0v) is 12.4. The lowest BCUT2D eigenvalue weighted by atomic mass is 9.35. The molecule has 1 saturated carbocycles. The molecular weight excluding hydrogens is 260 g/mol. The molecule has 112 valence electrons. The molecule has 0 bridgehead atoms. The standard InChI is InChI=1S/C15H22O5/c1-14(2)10(5-6-16)12-11(17)7-9(19-3)8-15(12,14)13(18)20-4/h7,10,12,16H,5-6,8H2,1-4H3/t10-,12-,15+/m1/s1. The lowest BCUT2D eigenvalue weighted by molar-refractivity contribution is -0.221. The third-order valence-electron chi connectivity index (χ3n) is 5.32. The van der Waals surface area contributed by atoms with Gasteiger partial charge < -0.3 is 14.6 Å². The normalized spacial score (nSPS) is 34.6. The number of hydrogen-bond donors (Lipinski definition) is 1. The van der Waals surface area contributed by atoms with Gasteiger partial charge in [-0.05, 0) is 17.8 Å². The fourth-order valence-electron chi connectivity index (χ4n) is 4.19. The summed E-state index contributed by atoms with van der Waals surface area (Å²) in [6.07, 6.45) is 2.37. The summed E-state index contributed by atoms with van der Waals surface area (Å²) in [7, 11) is 2.85. The minimum absolute atomic E-state index is 0.00990. The van der Waals surface area contributed by atoms with Crippen molar-refractivity contribution in [1.82, 2.24) is 0 Å². The Morgan fingerprint density at radius 2 is 2.10 bits per heavy atom. The van der Waals surface area contributed by atoms with Crippen LogP contribution in [0.15, 0.2) is 11.8 Å². The van der Waals surface area contributed by atoms with Crippen LogP contribution in [-0.2, 0) is 19.1 Å². The second-order valence-electron chi connectivity index (χ2n) is 6.17. The maximum Gasteiger partial charge on any atom is 0.313 e. The van der Waals surface area contributed by atoms with Gasteiger partial charge in [0.25, 0.3) is 0 Å². The van der Waals surface area contributed by atoms with Gasteiger partial charge in [0.1, 0.15) is 5.76 Å². The molecule has 0 heterocycles. The third kappa shape index (κ3) is 1.65. The molecule has 5 nitrogen and oxygen atoms in total. The molecule has 0 aromatic heterocycles. The Bertz CT molecular complexity index is 465. The van der Waals surface area contributed by atoms with Gasteiger partial charge in [-0.15, -0.1) is 0 Å². The number of hydrogen-bond acceptors (Lipinski definition) is 5. The van der Waals surface area contributed by atoms with Crippen LogP contribution in [0, 0.1) is 22.7 Å². The van der Waals surface area contributed by atoms with E-state index in [0.717, 1.165) is 0 Å². The number of ketones is 1. The van der Waals surface area contributed by atoms with Crippen molar-refractivity contribution in [3.8, 4) is 0 Å². The number of aliphatic hydroxyl groups excluding tert-OH is 1. The van der Waals surface area contributed by atoms with Crippen molar-refractivity contribution in [2.45, 2.75) is 26.7 Å². The van der Waals surface area contributed by atoms with Crippen LogP contribution in [0.25, 0.3) is 0 Å². The van der Waals surface area contributed by atoms with E-state index in [1.807, 2.05) is 13.8 Å². The minimum Gasteiger partial charge on any atom is -0.501 e. The van der Waals surface area contributed by atoms with Gasteiger partial charge in [0.05, 0.1) is 19.6 Å². The van der Waals surface area contributed by atoms with Crippen molar-refractivity contribution in [3.63, 3.8) is 0 Å². The highest BCUT2D eigenvalue weighted by Gasteiger charge is 2.74. The van der Waals surface area contributed by atoms with Crippen molar-refractivity contribution in [3.05, 3.63) is 11.8 Å². The first-order valence-corrected chi connectivity index (χ1v) is 6.84. The van der Waals surface area contributed by atoms with Crippen LogP contribution in [0.2, 0.25) is 0 Å². The molecule has 0 unspecified atom stereocenters. The first-order chi connectivity index (χ1) is 9.36. The number of allylic oxidation sites excluding steroid dienone is 2. The summed E-state index contributed by atoms with van der Waals surface area (Å²) in [6, 6.07) is 0. The van der Waals surface area contributed by atoms with Crippen molar-refractivity contribution < 1.29 is 24.2 Å². The van der Waals surface area contributed by atoms with Crippen molar-refractivity contribution >= 4 is 11.8 Å². The van der Waals surface area contributed by atoms with E-state index in [9.17, 15) is 14.7 Å². The van der Waals surface area contributed by atoms with Gasteiger partial charge >= 0.3 is 5.97 Å². The smallest absolute Gasteiger partial charge is 0.313 e. The van der Waals surface area contributed by atoms with Gasteiger partial charge in [-0.1, -0.05) is 13.8 Å². The van der Waals surface area contributed by atoms with E-state index in [4.69, 9.17) is 9.47 Å². The molecule has 0 saturated heterocycles. The highest BCUT2D eigenvalue weighted by molar-refractivity contribution is 6.00. The average Bonchev–Trinajstić information content (AvgIpc) is 2.43. The topological polar surface area (TPSA) is 72.8 Å². The number of carbonyl (C=O) groups is 2. The van der Waals surface area contributed by atoms with E-state index in [0.29, 0.717) is 18.6 Å². The molecule has 20 heavy (non-hydrogen) atoms. The fraction of sp³-hybridized carbons (Fsp3) is 0.733. The SMILES string of the molecule is COC(=O)[C@]12CC(OC)=CC(=O)[C@H]1[C@@H](CCO)C2(C)C. The van der Waals surface area contributed by atoms with E-state index >= 15 is 0 Å². The Balaban J connectivity index is 2.50. The number of ether oxygens (including phenoxy) is 2. The molecule has 0 aromatic rings. The Morgan fingerprint density at radius 1 is 1.45 bits per heavy atom. The Morgan fingerprint density at radius 3 is 2.60 bits per heavy atom. The number of aliphatic hydroxyl groups is 1. The Labute approximate surface area is 118 Å². The molecule has 1 N–H and O–H groups in total. The molecule has 1 fully saturated rings. The van der Waals surface area contributed by atoms with Crippen LogP contribution in [-0.4, -0.2) is 37.7 Å².